The molecule has 1 unspecified atom stereocenters. The standard InChI is InChI=1S/C22H16ClF2N3O.C9H7NO.C8H4F4O.C5H4ClFN2/c1-12-4-5-14(9-17(12)24)19(28-22-18(25)10-15(23)11-27-22)16-7-6-13-3-2-8-26-20(13)21(16)29;11-8-5-1-3-7-4-2-6-10-9(7)8;9-7-3-5(4-13)1-2-6(7)8(10,11)12;6-3-1-4(7)5(8)9-2-3/h2-11,19,29H,1H3,(H,27,28);1-6,11H;1-4H;1-2H,(H2,8,9). The van der Waals surface area contributed by atoms with Crippen LogP contribution in [0.25, 0.3) is 21.8 Å². The average molecular weight is 896 g/mol. The van der Waals surface area contributed by atoms with Crippen LogP contribution in [-0.4, -0.2) is 36.4 Å². The number of aromatic nitrogens is 4. The molecule has 18 heteroatoms. The van der Waals surface area contributed by atoms with Gasteiger partial charge in [-0.3, -0.25) is 14.8 Å². The lowest BCUT2D eigenvalue weighted by molar-refractivity contribution is -0.140. The molecular weight excluding hydrogens is 864 g/mol. The Bertz CT molecular complexity index is 2850. The van der Waals surface area contributed by atoms with Crippen molar-refractivity contribution < 1.29 is 45.7 Å². The molecule has 5 N–H and O–H groups in total. The zero-order chi connectivity index (χ0) is 45.1. The number of nitrogen functional groups attached to an aromatic ring is 1. The second kappa shape index (κ2) is 20.5. The number of pyridine rings is 4. The molecule has 9 nitrogen and oxygen atoms in total. The highest BCUT2D eigenvalue weighted by Gasteiger charge is 2.33. The number of aryl methyl sites for hydroxylation is 1. The maximum Gasteiger partial charge on any atom is 0.419 e. The number of aromatic hydroxyl groups is 2. The van der Waals surface area contributed by atoms with Crippen LogP contribution in [-0.2, 0) is 6.18 Å². The molecule has 4 aromatic carbocycles. The van der Waals surface area contributed by atoms with Gasteiger partial charge in [0.25, 0.3) is 0 Å². The quantitative estimate of drug-likeness (QED) is 0.0979. The Balaban J connectivity index is 0.000000180. The number of rotatable bonds is 5. The average Bonchev–Trinajstić information content (AvgIpc) is 3.24. The molecule has 1 atom stereocenters. The molecule has 0 bridgehead atoms. The molecule has 0 aliphatic carbocycles. The first kappa shape index (κ1) is 46.0. The predicted octanol–water partition coefficient (Wildman–Crippen LogP) is 11.8. The van der Waals surface area contributed by atoms with Gasteiger partial charge in [-0.25, -0.2) is 27.5 Å². The van der Waals surface area contributed by atoms with Crippen molar-refractivity contribution in [2.45, 2.75) is 19.1 Å². The van der Waals surface area contributed by atoms with Gasteiger partial charge in [0.15, 0.2) is 23.3 Å². The monoisotopic (exact) mass is 894 g/mol. The summed E-state index contributed by atoms with van der Waals surface area (Å²) in [6.07, 6.45) is 1.40. The summed E-state index contributed by atoms with van der Waals surface area (Å²) in [7, 11) is 0. The first-order valence-corrected chi connectivity index (χ1v) is 18.5. The maximum atomic E-state index is 14.4. The summed E-state index contributed by atoms with van der Waals surface area (Å²) < 4.78 is 89.5. The molecule has 0 aliphatic rings. The minimum Gasteiger partial charge on any atom is -0.506 e. The van der Waals surface area contributed by atoms with Crippen LogP contribution < -0.4 is 11.1 Å². The zero-order valence-corrected chi connectivity index (χ0v) is 33.4. The number of hydrogen-bond donors (Lipinski definition) is 4. The summed E-state index contributed by atoms with van der Waals surface area (Å²) in [4.78, 5) is 25.8. The van der Waals surface area contributed by atoms with E-state index in [2.05, 4.69) is 25.3 Å². The minimum absolute atomic E-state index is 0.0686. The normalized spacial score (nSPS) is 11.3. The number of para-hydroxylation sites is 1. The van der Waals surface area contributed by atoms with E-state index >= 15 is 0 Å². The van der Waals surface area contributed by atoms with E-state index in [4.69, 9.17) is 28.9 Å². The van der Waals surface area contributed by atoms with Crippen molar-refractivity contribution in [3.05, 3.63) is 189 Å². The smallest absolute Gasteiger partial charge is 0.419 e. The zero-order valence-electron chi connectivity index (χ0n) is 31.8. The molecule has 0 amide bonds. The van der Waals surface area contributed by atoms with E-state index in [-0.39, 0.29) is 45.0 Å². The lowest BCUT2D eigenvalue weighted by atomic mass is 9.95. The molecule has 62 heavy (non-hydrogen) atoms. The van der Waals surface area contributed by atoms with E-state index in [0.717, 1.165) is 29.0 Å². The molecule has 0 saturated heterocycles. The van der Waals surface area contributed by atoms with E-state index in [0.29, 0.717) is 39.9 Å². The molecule has 0 aliphatic heterocycles. The molecule has 0 saturated carbocycles. The highest BCUT2D eigenvalue weighted by atomic mass is 35.5. The first-order valence-electron chi connectivity index (χ1n) is 17.8. The van der Waals surface area contributed by atoms with Gasteiger partial charge in [-0.1, -0.05) is 77.8 Å². The number of fused-ring (bicyclic) bond motifs is 2. The molecule has 0 radical (unpaired) electrons. The number of nitrogens with one attached hydrogen (secondary N) is 1. The summed E-state index contributed by atoms with van der Waals surface area (Å²) in [5, 5.41) is 25.3. The summed E-state index contributed by atoms with van der Waals surface area (Å²) in [5.41, 5.74) is 6.01. The SMILES string of the molecule is Cc1ccc(C(Nc2ncc(Cl)cc2F)c2ccc3cccnc3c2O)cc1F.Nc1ncc(Cl)cc1F.O=Cc1ccc(C(F)(F)F)c(F)c1.Oc1cccc2cccnc12. The number of nitrogens with zero attached hydrogens (tertiary/aromatic N) is 4. The van der Waals surface area contributed by atoms with Gasteiger partial charge in [-0.15, -0.1) is 0 Å². The van der Waals surface area contributed by atoms with Crippen LogP contribution in [0.15, 0.2) is 128 Å². The number of carbonyl (C=O) groups excluding carboxylic acids is 1. The van der Waals surface area contributed by atoms with Crippen molar-refractivity contribution in [2.24, 2.45) is 0 Å². The van der Waals surface area contributed by atoms with Crippen LogP contribution in [0, 0.1) is 30.2 Å². The number of nitrogens with two attached hydrogens (primary N) is 1. The largest absolute Gasteiger partial charge is 0.506 e. The number of phenols is 2. The fourth-order valence-electron chi connectivity index (χ4n) is 5.51. The van der Waals surface area contributed by atoms with Gasteiger partial charge in [0.05, 0.1) is 21.7 Å². The summed E-state index contributed by atoms with van der Waals surface area (Å²) >= 11 is 11.1. The second-order valence-corrected chi connectivity index (χ2v) is 13.7. The topological polar surface area (TPSA) is 147 Å². The molecule has 4 heterocycles. The first-order chi connectivity index (χ1) is 29.5. The predicted molar refractivity (Wildman–Crippen MR) is 223 cm³/mol. The molecule has 0 fully saturated rings. The van der Waals surface area contributed by atoms with Gasteiger partial charge in [-0.2, -0.15) is 13.2 Å². The Kier molecular flexibility index (Phi) is 15.2. The molecular formula is C44H31Cl2F7N6O3. The van der Waals surface area contributed by atoms with Crippen molar-refractivity contribution in [2.75, 3.05) is 11.1 Å². The third-order valence-corrected chi connectivity index (χ3v) is 9.00. The van der Waals surface area contributed by atoms with Gasteiger partial charge in [-0.05, 0) is 66.6 Å². The van der Waals surface area contributed by atoms with E-state index in [1.165, 1.54) is 18.5 Å². The molecule has 8 rings (SSSR count). The molecule has 4 aromatic heterocycles. The number of carbonyl (C=O) groups is 1. The second-order valence-electron chi connectivity index (χ2n) is 12.9. The number of aldehydes is 1. The van der Waals surface area contributed by atoms with Crippen LogP contribution in [0.3, 0.4) is 0 Å². The maximum absolute atomic E-state index is 14.4. The minimum atomic E-state index is -4.72. The molecule has 318 valence electrons. The summed E-state index contributed by atoms with van der Waals surface area (Å²) in [6, 6.07) is 24.4. The van der Waals surface area contributed by atoms with Crippen molar-refractivity contribution in [3.63, 3.8) is 0 Å². The Labute approximate surface area is 358 Å². The third kappa shape index (κ3) is 11.8. The Morgan fingerprint density at radius 2 is 1.32 bits per heavy atom. The van der Waals surface area contributed by atoms with Crippen LogP contribution >= 0.6 is 23.2 Å². The highest BCUT2D eigenvalue weighted by molar-refractivity contribution is 6.30. The van der Waals surface area contributed by atoms with Gasteiger partial charge < -0.3 is 21.3 Å². The number of phenolic OH excluding ortho intramolecular Hbond substituents is 2. The van der Waals surface area contributed by atoms with E-state index in [1.54, 1.807) is 61.8 Å². The van der Waals surface area contributed by atoms with Gasteiger partial charge in [0, 0.05) is 46.7 Å². The molecule has 0 spiro atoms. The fourth-order valence-corrected chi connectivity index (χ4v) is 5.80. The van der Waals surface area contributed by atoms with Gasteiger partial charge in [0.1, 0.15) is 40.5 Å². The lowest BCUT2D eigenvalue weighted by Gasteiger charge is -2.22. The van der Waals surface area contributed by atoms with Gasteiger partial charge >= 0.3 is 6.18 Å². The number of hydrogen-bond acceptors (Lipinski definition) is 9. The summed E-state index contributed by atoms with van der Waals surface area (Å²) in [5.74, 6) is -3.11. The lowest BCUT2D eigenvalue weighted by Crippen LogP contribution is -2.15. The number of anilines is 2. The van der Waals surface area contributed by atoms with E-state index in [1.807, 2.05) is 24.3 Å². The van der Waals surface area contributed by atoms with Crippen molar-refractivity contribution in [1.82, 2.24) is 19.9 Å². The van der Waals surface area contributed by atoms with Crippen LogP contribution in [0.2, 0.25) is 10.0 Å². The highest BCUT2D eigenvalue weighted by Crippen LogP contribution is 2.37. The Hall–Kier alpha value is -7.04. The number of alkyl halides is 3. The third-order valence-electron chi connectivity index (χ3n) is 8.59. The van der Waals surface area contributed by atoms with Crippen LogP contribution in [0.4, 0.5) is 42.4 Å². The van der Waals surface area contributed by atoms with Crippen LogP contribution in [0.1, 0.15) is 38.7 Å². The Morgan fingerprint density at radius 3 is 1.90 bits per heavy atom. The van der Waals surface area contributed by atoms with Crippen molar-refractivity contribution >= 4 is 62.9 Å². The summed E-state index contributed by atoms with van der Waals surface area (Å²) in [6.45, 7) is 1.65. The van der Waals surface area contributed by atoms with Crippen molar-refractivity contribution in [3.8, 4) is 11.5 Å². The van der Waals surface area contributed by atoms with Crippen LogP contribution in [0.5, 0.6) is 11.5 Å². The van der Waals surface area contributed by atoms with E-state index < -0.39 is 41.1 Å². The number of benzene rings is 4. The number of halogens is 9. The Morgan fingerprint density at radius 1 is 0.694 bits per heavy atom. The fraction of sp³-hybridized carbons (Fsp3) is 0.0682. The molecule has 8 aromatic rings. The van der Waals surface area contributed by atoms with Crippen molar-refractivity contribution in [1.29, 1.82) is 0 Å². The van der Waals surface area contributed by atoms with E-state index in [9.17, 15) is 45.7 Å². The van der Waals surface area contributed by atoms with Gasteiger partial charge in [0.2, 0.25) is 0 Å².